The molecule has 0 aliphatic carbocycles. The molecule has 26 heavy (non-hydrogen) atoms. The van der Waals surface area contributed by atoms with Crippen LogP contribution < -0.4 is 5.32 Å². The van der Waals surface area contributed by atoms with E-state index < -0.39 is 0 Å². The molecule has 1 amide bonds. The number of nitrogens with zero attached hydrogens (tertiary/aromatic N) is 1. The molecule has 1 aliphatic heterocycles. The second-order valence-corrected chi connectivity index (χ2v) is 6.48. The molecular formula is C21H26N2O3. The molecule has 1 fully saturated rings. The van der Waals surface area contributed by atoms with Gasteiger partial charge in [-0.3, -0.25) is 9.69 Å². The van der Waals surface area contributed by atoms with Crippen LogP contribution in [0.25, 0.3) is 0 Å². The number of methoxy groups -OCH3 is 1. The van der Waals surface area contributed by atoms with Crippen molar-refractivity contribution in [3.05, 3.63) is 70.8 Å². The van der Waals surface area contributed by atoms with Crippen LogP contribution in [0.1, 0.15) is 27.0 Å². The molecular weight excluding hydrogens is 328 g/mol. The highest BCUT2D eigenvalue weighted by atomic mass is 16.5. The zero-order valence-electron chi connectivity index (χ0n) is 15.2. The fourth-order valence-electron chi connectivity index (χ4n) is 3.08. The number of amides is 1. The zero-order chi connectivity index (χ0) is 18.2. The first-order valence-electron chi connectivity index (χ1n) is 8.99. The van der Waals surface area contributed by atoms with Crippen LogP contribution in [0.3, 0.4) is 0 Å². The standard InChI is InChI=1S/C21H26N2O3/c1-25-16-19-4-2-3-5-20(19)21(24)22-14-17-6-8-18(9-7-17)15-23-10-12-26-13-11-23/h2-9H,10-16H2,1H3,(H,22,24). The van der Waals surface area contributed by atoms with Crippen LogP contribution in [-0.2, 0) is 29.2 Å². The van der Waals surface area contributed by atoms with Crippen LogP contribution in [0.4, 0.5) is 0 Å². The normalized spacial score (nSPS) is 15.0. The third-order valence-corrected chi connectivity index (χ3v) is 4.55. The van der Waals surface area contributed by atoms with Crippen molar-refractivity contribution in [3.63, 3.8) is 0 Å². The maximum atomic E-state index is 12.5. The Morgan fingerprint density at radius 2 is 1.77 bits per heavy atom. The average molecular weight is 354 g/mol. The van der Waals surface area contributed by atoms with Gasteiger partial charge >= 0.3 is 0 Å². The van der Waals surface area contributed by atoms with Crippen molar-refractivity contribution in [2.75, 3.05) is 33.4 Å². The number of ether oxygens (including phenoxy) is 2. The molecule has 2 aromatic rings. The minimum absolute atomic E-state index is 0.0740. The molecule has 5 heteroatoms. The Labute approximate surface area is 154 Å². The molecule has 0 radical (unpaired) electrons. The Bertz CT molecular complexity index is 709. The Hall–Kier alpha value is -2.21. The number of morpholine rings is 1. The monoisotopic (exact) mass is 354 g/mol. The average Bonchev–Trinajstić information content (AvgIpc) is 2.69. The van der Waals surface area contributed by atoms with Gasteiger partial charge in [0.1, 0.15) is 0 Å². The molecule has 2 aromatic carbocycles. The first-order chi connectivity index (χ1) is 12.8. The van der Waals surface area contributed by atoms with E-state index in [-0.39, 0.29) is 5.91 Å². The summed E-state index contributed by atoms with van der Waals surface area (Å²) in [5.74, 6) is -0.0740. The second-order valence-electron chi connectivity index (χ2n) is 6.48. The second kappa shape index (κ2) is 9.48. The van der Waals surface area contributed by atoms with Gasteiger partial charge in [-0.15, -0.1) is 0 Å². The molecule has 5 nitrogen and oxygen atoms in total. The van der Waals surface area contributed by atoms with E-state index in [9.17, 15) is 4.79 Å². The molecule has 1 N–H and O–H groups in total. The molecule has 0 bridgehead atoms. The zero-order valence-corrected chi connectivity index (χ0v) is 15.2. The predicted octanol–water partition coefficient (Wildman–Crippen LogP) is 2.60. The maximum absolute atomic E-state index is 12.5. The highest BCUT2D eigenvalue weighted by Crippen LogP contribution is 2.12. The van der Waals surface area contributed by atoms with E-state index in [1.807, 2.05) is 24.3 Å². The third-order valence-electron chi connectivity index (χ3n) is 4.55. The van der Waals surface area contributed by atoms with E-state index in [2.05, 4.69) is 34.5 Å². The predicted molar refractivity (Wildman–Crippen MR) is 101 cm³/mol. The van der Waals surface area contributed by atoms with Crippen LogP contribution in [0, 0.1) is 0 Å². The summed E-state index contributed by atoms with van der Waals surface area (Å²) in [5, 5.41) is 2.99. The Balaban J connectivity index is 1.53. The Morgan fingerprint density at radius 3 is 2.50 bits per heavy atom. The molecule has 0 saturated carbocycles. The van der Waals surface area contributed by atoms with Crippen LogP contribution in [0.15, 0.2) is 48.5 Å². The van der Waals surface area contributed by atoms with Crippen LogP contribution >= 0.6 is 0 Å². The van der Waals surface area contributed by atoms with E-state index in [1.165, 1.54) is 5.56 Å². The highest BCUT2D eigenvalue weighted by molar-refractivity contribution is 5.95. The van der Waals surface area contributed by atoms with Crippen molar-refractivity contribution in [2.45, 2.75) is 19.7 Å². The molecule has 0 atom stereocenters. The number of carbonyl (C=O) groups excluding carboxylic acids is 1. The number of rotatable bonds is 7. The third kappa shape index (κ3) is 5.14. The summed E-state index contributed by atoms with van der Waals surface area (Å²) >= 11 is 0. The SMILES string of the molecule is COCc1ccccc1C(=O)NCc1ccc(CN2CCOCC2)cc1. The number of hydrogen-bond donors (Lipinski definition) is 1. The van der Waals surface area contributed by atoms with Gasteiger partial charge in [-0.1, -0.05) is 42.5 Å². The lowest BCUT2D eigenvalue weighted by molar-refractivity contribution is 0.0342. The quantitative estimate of drug-likeness (QED) is 0.830. The smallest absolute Gasteiger partial charge is 0.251 e. The lowest BCUT2D eigenvalue weighted by Crippen LogP contribution is -2.35. The summed E-state index contributed by atoms with van der Waals surface area (Å²) < 4.78 is 10.5. The summed E-state index contributed by atoms with van der Waals surface area (Å²) in [5.41, 5.74) is 3.94. The highest BCUT2D eigenvalue weighted by Gasteiger charge is 2.12. The van der Waals surface area contributed by atoms with Gasteiger partial charge in [0.25, 0.3) is 5.91 Å². The van der Waals surface area contributed by atoms with E-state index in [4.69, 9.17) is 9.47 Å². The van der Waals surface area contributed by atoms with Crippen molar-refractivity contribution >= 4 is 5.91 Å². The largest absolute Gasteiger partial charge is 0.380 e. The van der Waals surface area contributed by atoms with Crippen molar-refractivity contribution in [2.24, 2.45) is 0 Å². The van der Waals surface area contributed by atoms with Gasteiger partial charge in [-0.25, -0.2) is 0 Å². The first-order valence-corrected chi connectivity index (χ1v) is 8.99. The lowest BCUT2D eigenvalue weighted by atomic mass is 10.1. The van der Waals surface area contributed by atoms with Crippen LogP contribution in [-0.4, -0.2) is 44.2 Å². The number of benzene rings is 2. The molecule has 3 rings (SSSR count). The van der Waals surface area contributed by atoms with Crippen molar-refractivity contribution < 1.29 is 14.3 Å². The molecule has 0 unspecified atom stereocenters. The summed E-state index contributed by atoms with van der Waals surface area (Å²) in [6.07, 6.45) is 0. The fourth-order valence-corrected chi connectivity index (χ4v) is 3.08. The summed E-state index contributed by atoms with van der Waals surface area (Å²) in [6.45, 7) is 5.49. The summed E-state index contributed by atoms with van der Waals surface area (Å²) in [6, 6.07) is 16.0. The van der Waals surface area contributed by atoms with Crippen molar-refractivity contribution in [3.8, 4) is 0 Å². The molecule has 0 spiro atoms. The molecule has 138 valence electrons. The van der Waals surface area contributed by atoms with Gasteiger partial charge in [0, 0.05) is 38.9 Å². The van der Waals surface area contributed by atoms with E-state index >= 15 is 0 Å². The molecule has 0 aromatic heterocycles. The maximum Gasteiger partial charge on any atom is 0.251 e. The van der Waals surface area contributed by atoms with Gasteiger partial charge in [-0.05, 0) is 22.8 Å². The minimum atomic E-state index is -0.0740. The van der Waals surface area contributed by atoms with E-state index in [0.717, 1.165) is 44.0 Å². The van der Waals surface area contributed by atoms with E-state index in [1.54, 1.807) is 7.11 Å². The van der Waals surface area contributed by atoms with Gasteiger partial charge < -0.3 is 14.8 Å². The van der Waals surface area contributed by atoms with Crippen molar-refractivity contribution in [1.82, 2.24) is 10.2 Å². The minimum Gasteiger partial charge on any atom is -0.380 e. The van der Waals surface area contributed by atoms with Gasteiger partial charge in [0.2, 0.25) is 0 Å². The Morgan fingerprint density at radius 1 is 1.08 bits per heavy atom. The summed E-state index contributed by atoms with van der Waals surface area (Å²) in [4.78, 5) is 14.9. The molecule has 1 aliphatic rings. The molecule has 1 heterocycles. The van der Waals surface area contributed by atoms with Gasteiger partial charge in [0.05, 0.1) is 19.8 Å². The number of nitrogens with one attached hydrogen (secondary N) is 1. The van der Waals surface area contributed by atoms with Crippen molar-refractivity contribution in [1.29, 1.82) is 0 Å². The van der Waals surface area contributed by atoms with Crippen LogP contribution in [0.5, 0.6) is 0 Å². The summed E-state index contributed by atoms with van der Waals surface area (Å²) in [7, 11) is 1.63. The first kappa shape index (κ1) is 18.6. The van der Waals surface area contributed by atoms with Gasteiger partial charge in [-0.2, -0.15) is 0 Å². The van der Waals surface area contributed by atoms with Gasteiger partial charge in [0.15, 0.2) is 0 Å². The Kier molecular flexibility index (Phi) is 6.77. The number of carbonyl (C=O) groups is 1. The number of hydrogen-bond acceptors (Lipinski definition) is 4. The topological polar surface area (TPSA) is 50.8 Å². The van der Waals surface area contributed by atoms with Crippen LogP contribution in [0.2, 0.25) is 0 Å². The lowest BCUT2D eigenvalue weighted by Gasteiger charge is -2.26. The molecule has 1 saturated heterocycles. The fraction of sp³-hybridized carbons (Fsp3) is 0.381. The van der Waals surface area contributed by atoms with E-state index in [0.29, 0.717) is 18.7 Å².